The van der Waals surface area contributed by atoms with Crippen LogP contribution in [0.25, 0.3) is 0 Å². The Balaban J connectivity index is -0.000000602. The van der Waals surface area contributed by atoms with Gasteiger partial charge in [-0.1, -0.05) is 83.0 Å². The quantitative estimate of drug-likeness (QED) is 0.128. The summed E-state index contributed by atoms with van der Waals surface area (Å²) in [5.41, 5.74) is 0. The van der Waals surface area contributed by atoms with Crippen molar-refractivity contribution >= 4 is 46.3 Å². The van der Waals surface area contributed by atoms with Crippen molar-refractivity contribution in [3.8, 4) is 11.3 Å². The van der Waals surface area contributed by atoms with Crippen LogP contribution < -0.4 is 0 Å². The van der Waals surface area contributed by atoms with Crippen molar-refractivity contribution in [3.63, 3.8) is 0 Å². The Labute approximate surface area is 162 Å². The van der Waals surface area contributed by atoms with Gasteiger partial charge in [-0.05, 0) is 24.4 Å². The maximum Gasteiger partial charge on any atom is 2.00 e. The van der Waals surface area contributed by atoms with Gasteiger partial charge in [0.25, 0.3) is 0 Å². The Kier molecular flexibility index (Phi) is 26.7. The monoisotopic (exact) mass is 344 g/mol. The number of unbranched alkanes of at least 4 members (excludes halogenated alkanes) is 14. The molecule has 0 aliphatic carbocycles. The third-order valence-corrected chi connectivity index (χ3v) is 4.15. The maximum atomic E-state index is 5.66. The fraction of sp³-hybridized carbons (Fsp3) is 0.889. The predicted molar refractivity (Wildman–Crippen MR) is 102 cm³/mol. The van der Waals surface area contributed by atoms with Crippen molar-refractivity contribution in [2.24, 2.45) is 0 Å². The molecule has 0 N–H and O–H groups in total. The van der Waals surface area contributed by atoms with E-state index >= 15 is 0 Å². The Morgan fingerprint density at radius 3 is 1.24 bits per heavy atom. The SMILES string of the molecule is ClC#CCCCCCCCCCCCCCCCCCl.[H-].[H-].[Mg+2]. The van der Waals surface area contributed by atoms with Gasteiger partial charge in [0.2, 0.25) is 0 Å². The molecule has 0 aromatic heterocycles. The summed E-state index contributed by atoms with van der Waals surface area (Å²) in [5, 5.41) is 2.43. The van der Waals surface area contributed by atoms with Gasteiger partial charge in [0.05, 0.1) is 0 Å². The molecule has 0 saturated heterocycles. The standard InChI is InChI=1S/C18H32Cl2.Mg.2H/c19-17-15-13-11-9-7-5-3-1-2-4-6-8-10-12-14-16-18-20;;;/h1-15,17H2;;;/q;+2;2*-1. The van der Waals surface area contributed by atoms with Gasteiger partial charge in [-0.25, -0.2) is 0 Å². The average Bonchev–Trinajstić information content (AvgIpc) is 2.47. The molecule has 0 bridgehead atoms. The smallest absolute Gasteiger partial charge is 1.00 e. The third-order valence-electron chi connectivity index (χ3n) is 3.75. The van der Waals surface area contributed by atoms with Crippen molar-refractivity contribution in [2.75, 3.05) is 5.88 Å². The summed E-state index contributed by atoms with van der Waals surface area (Å²) in [6.45, 7) is 0. The predicted octanol–water partition coefficient (Wildman–Crippen LogP) is 7.12. The summed E-state index contributed by atoms with van der Waals surface area (Å²) in [6.07, 6.45) is 20.1. The van der Waals surface area contributed by atoms with Gasteiger partial charge in [0.15, 0.2) is 0 Å². The molecule has 0 spiro atoms. The van der Waals surface area contributed by atoms with Gasteiger partial charge >= 0.3 is 23.1 Å². The molecule has 0 fully saturated rings. The van der Waals surface area contributed by atoms with Crippen LogP contribution in [0.3, 0.4) is 0 Å². The molecule has 122 valence electrons. The molecule has 0 aliphatic rings. The second kappa shape index (κ2) is 23.2. The van der Waals surface area contributed by atoms with E-state index in [-0.39, 0.29) is 25.9 Å². The molecule has 0 atom stereocenters. The average molecular weight is 346 g/mol. The van der Waals surface area contributed by atoms with Crippen LogP contribution in [0.1, 0.15) is 99.2 Å². The van der Waals surface area contributed by atoms with E-state index in [1.54, 1.807) is 0 Å². The van der Waals surface area contributed by atoms with Crippen LogP contribution in [0.15, 0.2) is 0 Å². The fourth-order valence-corrected chi connectivity index (χ4v) is 2.76. The number of hydrogen-bond acceptors (Lipinski definition) is 0. The zero-order valence-electron chi connectivity index (χ0n) is 15.8. The van der Waals surface area contributed by atoms with Gasteiger partial charge in [-0.15, -0.1) is 11.6 Å². The van der Waals surface area contributed by atoms with Crippen LogP contribution in [0, 0.1) is 11.3 Å². The molecule has 0 heterocycles. The molecular weight excluding hydrogens is 311 g/mol. The van der Waals surface area contributed by atoms with Gasteiger partial charge < -0.3 is 2.85 Å². The van der Waals surface area contributed by atoms with Crippen LogP contribution in [0.5, 0.6) is 0 Å². The number of hydrogen-bond donors (Lipinski definition) is 0. The zero-order chi connectivity index (χ0) is 14.7. The second-order valence-corrected chi connectivity index (χ2v) is 6.23. The molecular formula is C18H34Cl2Mg. The van der Waals surface area contributed by atoms with Crippen LogP contribution in [-0.4, -0.2) is 28.9 Å². The Morgan fingerprint density at radius 1 is 0.571 bits per heavy atom. The van der Waals surface area contributed by atoms with Crippen LogP contribution in [0.2, 0.25) is 0 Å². The van der Waals surface area contributed by atoms with E-state index in [4.69, 9.17) is 23.2 Å². The fourth-order valence-electron chi connectivity index (χ4n) is 2.48. The van der Waals surface area contributed by atoms with E-state index in [0.29, 0.717) is 0 Å². The minimum Gasteiger partial charge on any atom is -1.00 e. The number of halogens is 2. The second-order valence-electron chi connectivity index (χ2n) is 5.66. The maximum absolute atomic E-state index is 5.66. The topological polar surface area (TPSA) is 0 Å². The molecule has 0 aliphatic heterocycles. The molecule has 21 heavy (non-hydrogen) atoms. The van der Waals surface area contributed by atoms with Crippen molar-refractivity contribution in [1.29, 1.82) is 0 Å². The molecule has 0 aromatic rings. The first-order valence-electron chi connectivity index (χ1n) is 8.56. The van der Waals surface area contributed by atoms with Crippen molar-refractivity contribution in [1.82, 2.24) is 0 Å². The first-order chi connectivity index (χ1) is 9.91. The molecule has 3 heteroatoms. The molecule has 0 nitrogen and oxygen atoms in total. The van der Waals surface area contributed by atoms with Crippen LogP contribution in [-0.2, 0) is 0 Å². The summed E-state index contributed by atoms with van der Waals surface area (Å²) in [7, 11) is 0. The summed E-state index contributed by atoms with van der Waals surface area (Å²) in [6, 6.07) is 0. The van der Waals surface area contributed by atoms with Crippen molar-refractivity contribution in [3.05, 3.63) is 0 Å². The van der Waals surface area contributed by atoms with Gasteiger partial charge in [-0.2, -0.15) is 0 Å². The van der Waals surface area contributed by atoms with Crippen molar-refractivity contribution in [2.45, 2.75) is 96.3 Å². The number of alkyl halides is 1. The van der Waals surface area contributed by atoms with Gasteiger partial charge in [-0.3, -0.25) is 0 Å². The number of rotatable bonds is 15. The van der Waals surface area contributed by atoms with Gasteiger partial charge in [0, 0.05) is 17.7 Å². The van der Waals surface area contributed by atoms with E-state index in [0.717, 1.165) is 12.3 Å². The minimum absolute atomic E-state index is 0. The summed E-state index contributed by atoms with van der Waals surface area (Å²) < 4.78 is 0. The van der Waals surface area contributed by atoms with E-state index in [2.05, 4.69) is 11.3 Å². The Bertz CT molecular complexity index is 243. The van der Waals surface area contributed by atoms with E-state index in [9.17, 15) is 0 Å². The molecule has 0 aromatic carbocycles. The molecule has 0 radical (unpaired) electrons. The van der Waals surface area contributed by atoms with Crippen LogP contribution in [0.4, 0.5) is 0 Å². The molecule has 0 saturated carbocycles. The first-order valence-corrected chi connectivity index (χ1v) is 9.47. The van der Waals surface area contributed by atoms with E-state index < -0.39 is 0 Å². The third kappa shape index (κ3) is 23.3. The largest absolute Gasteiger partial charge is 2.00 e. The first kappa shape index (κ1) is 24.2. The van der Waals surface area contributed by atoms with E-state index in [1.165, 1.54) is 89.9 Å². The minimum atomic E-state index is 0. The normalized spacial score (nSPS) is 9.81. The zero-order valence-corrected chi connectivity index (χ0v) is 16.7. The van der Waals surface area contributed by atoms with Crippen molar-refractivity contribution < 1.29 is 2.85 Å². The summed E-state index contributed by atoms with van der Waals surface area (Å²) in [5.74, 6) is 3.74. The Hall–Kier alpha value is 0.906. The van der Waals surface area contributed by atoms with E-state index in [1.807, 2.05) is 0 Å². The van der Waals surface area contributed by atoms with Gasteiger partial charge in [0.1, 0.15) is 0 Å². The summed E-state index contributed by atoms with van der Waals surface area (Å²) >= 11 is 11.0. The Morgan fingerprint density at radius 2 is 0.905 bits per heavy atom. The molecule has 0 rings (SSSR count). The van der Waals surface area contributed by atoms with Crippen LogP contribution >= 0.6 is 23.2 Å². The molecule has 0 unspecified atom stereocenters. The summed E-state index contributed by atoms with van der Waals surface area (Å²) in [4.78, 5) is 0. The molecule has 0 amide bonds.